The molecule has 0 spiro atoms. The van der Waals surface area contributed by atoms with Gasteiger partial charge in [0.15, 0.2) is 4.32 Å². The Balaban J connectivity index is 1.79. The molecule has 0 radical (unpaired) electrons. The van der Waals surface area contributed by atoms with Crippen molar-refractivity contribution in [3.05, 3.63) is 70.6 Å². The Labute approximate surface area is 147 Å². The normalized spacial score (nSPS) is 15.8. The second kappa shape index (κ2) is 6.86. The third kappa shape index (κ3) is 3.32. The largest absolute Gasteiger partial charge is 0.507 e. The van der Waals surface area contributed by atoms with Crippen molar-refractivity contribution in [1.29, 1.82) is 0 Å². The van der Waals surface area contributed by atoms with E-state index in [0.717, 1.165) is 22.3 Å². The van der Waals surface area contributed by atoms with E-state index in [4.69, 9.17) is 12.2 Å². The summed E-state index contributed by atoms with van der Waals surface area (Å²) in [6.07, 6.45) is 1.71. The van der Waals surface area contributed by atoms with E-state index in [0.29, 0.717) is 4.91 Å². The number of para-hydroxylation sites is 1. The molecule has 3 rings (SSSR count). The number of nitrogens with one attached hydrogen (secondary N) is 1. The average molecular weight is 356 g/mol. The molecule has 2 amide bonds. The number of hydrogen-bond donors (Lipinski definition) is 2. The van der Waals surface area contributed by atoms with Crippen molar-refractivity contribution in [2.75, 3.05) is 0 Å². The number of carbonyl (C=O) groups is 2. The lowest BCUT2D eigenvalue weighted by Crippen LogP contribution is -2.44. The van der Waals surface area contributed by atoms with Crippen LogP contribution in [0.3, 0.4) is 0 Å². The van der Waals surface area contributed by atoms with Crippen LogP contribution in [0.5, 0.6) is 5.75 Å². The van der Waals surface area contributed by atoms with E-state index < -0.39 is 11.8 Å². The molecule has 2 N–H and O–H groups in total. The molecule has 0 saturated carbocycles. The van der Waals surface area contributed by atoms with E-state index in [1.807, 2.05) is 30.3 Å². The third-order valence-corrected chi connectivity index (χ3v) is 4.56. The number of amides is 2. The maximum atomic E-state index is 12.4. The van der Waals surface area contributed by atoms with Gasteiger partial charge in [-0.15, -0.1) is 0 Å². The van der Waals surface area contributed by atoms with Crippen molar-refractivity contribution < 1.29 is 14.7 Å². The van der Waals surface area contributed by atoms with Crippen LogP contribution in [0.15, 0.2) is 59.5 Å². The maximum absolute atomic E-state index is 12.4. The van der Waals surface area contributed by atoms with Crippen LogP contribution in [0.1, 0.15) is 15.9 Å². The van der Waals surface area contributed by atoms with Crippen LogP contribution in [0, 0.1) is 0 Å². The molecular weight excluding hydrogens is 344 g/mol. The first-order chi connectivity index (χ1) is 11.6. The topological polar surface area (TPSA) is 69.6 Å². The molecule has 2 aromatic carbocycles. The number of thioether (sulfide) groups is 1. The monoisotopic (exact) mass is 356 g/mol. The van der Waals surface area contributed by atoms with Crippen molar-refractivity contribution in [2.45, 2.75) is 0 Å². The molecule has 0 bridgehead atoms. The van der Waals surface area contributed by atoms with E-state index in [2.05, 4.69) is 5.43 Å². The van der Waals surface area contributed by atoms with Crippen LogP contribution < -0.4 is 5.43 Å². The highest BCUT2D eigenvalue weighted by Gasteiger charge is 2.34. The minimum atomic E-state index is -0.606. The number of carbonyl (C=O) groups excluding carboxylic acids is 2. The lowest BCUT2D eigenvalue weighted by atomic mass is 10.2. The fourth-order valence-electron chi connectivity index (χ4n) is 2.09. The number of phenols is 1. The first-order valence-corrected chi connectivity index (χ1v) is 8.21. The number of benzene rings is 2. The first-order valence-electron chi connectivity index (χ1n) is 6.98. The number of phenolic OH excluding ortho intramolecular Hbond substituents is 1. The van der Waals surface area contributed by atoms with Gasteiger partial charge in [-0.05, 0) is 36.0 Å². The Hall–Kier alpha value is -2.64. The minimum Gasteiger partial charge on any atom is -0.507 e. The summed E-state index contributed by atoms with van der Waals surface area (Å²) in [5.74, 6) is -1.18. The minimum absolute atomic E-state index is 0.0681. The predicted molar refractivity (Wildman–Crippen MR) is 97.0 cm³/mol. The summed E-state index contributed by atoms with van der Waals surface area (Å²) in [7, 11) is 0. The zero-order valence-electron chi connectivity index (χ0n) is 12.3. The second-order valence-corrected chi connectivity index (χ2v) is 6.56. The van der Waals surface area contributed by atoms with Crippen molar-refractivity contribution in [1.82, 2.24) is 10.4 Å². The van der Waals surface area contributed by atoms with Crippen molar-refractivity contribution in [3.8, 4) is 5.75 Å². The van der Waals surface area contributed by atoms with E-state index in [1.54, 1.807) is 18.2 Å². The van der Waals surface area contributed by atoms with Gasteiger partial charge in [-0.1, -0.05) is 54.2 Å². The molecule has 2 aromatic rings. The predicted octanol–water partition coefficient (Wildman–Crippen LogP) is 2.94. The van der Waals surface area contributed by atoms with Crippen LogP contribution >= 0.6 is 24.0 Å². The fraction of sp³-hybridized carbons (Fsp3) is 0. The van der Waals surface area contributed by atoms with Crippen molar-refractivity contribution >= 4 is 46.2 Å². The Morgan fingerprint density at radius 1 is 1.12 bits per heavy atom. The first kappa shape index (κ1) is 16.2. The van der Waals surface area contributed by atoms with E-state index in [1.165, 1.54) is 12.1 Å². The molecule has 1 saturated heterocycles. The number of rotatable bonds is 3. The zero-order valence-corrected chi connectivity index (χ0v) is 13.9. The number of thiocarbonyl (C=S) groups is 1. The van der Waals surface area contributed by atoms with Gasteiger partial charge in [0.05, 0.1) is 10.5 Å². The van der Waals surface area contributed by atoms with Crippen LogP contribution in [0.25, 0.3) is 6.08 Å². The van der Waals surface area contributed by atoms with Crippen molar-refractivity contribution in [3.63, 3.8) is 0 Å². The summed E-state index contributed by atoms with van der Waals surface area (Å²) < 4.78 is 0.228. The second-order valence-electron chi connectivity index (χ2n) is 4.89. The van der Waals surface area contributed by atoms with Crippen LogP contribution in [-0.4, -0.2) is 26.3 Å². The number of hydrazine groups is 1. The molecule has 1 heterocycles. The fourth-order valence-corrected chi connectivity index (χ4v) is 3.27. The van der Waals surface area contributed by atoms with E-state index in [9.17, 15) is 14.7 Å². The van der Waals surface area contributed by atoms with Gasteiger partial charge < -0.3 is 5.11 Å². The van der Waals surface area contributed by atoms with Gasteiger partial charge in [0, 0.05) is 0 Å². The van der Waals surface area contributed by atoms with Gasteiger partial charge in [0.25, 0.3) is 11.8 Å². The summed E-state index contributed by atoms with van der Waals surface area (Å²) in [6.45, 7) is 0. The molecule has 1 aliphatic heterocycles. The average Bonchev–Trinajstić information content (AvgIpc) is 2.83. The highest BCUT2D eigenvalue weighted by Crippen LogP contribution is 2.31. The molecule has 120 valence electrons. The Bertz CT molecular complexity index is 850. The van der Waals surface area contributed by atoms with Gasteiger partial charge in [-0.3, -0.25) is 15.0 Å². The highest BCUT2D eigenvalue weighted by molar-refractivity contribution is 8.26. The lowest BCUT2D eigenvalue weighted by molar-refractivity contribution is -0.123. The summed E-state index contributed by atoms with van der Waals surface area (Å²) in [5.41, 5.74) is 3.37. The molecule has 0 unspecified atom stereocenters. The molecule has 7 heteroatoms. The summed E-state index contributed by atoms with van der Waals surface area (Å²) in [4.78, 5) is 25.1. The molecule has 1 aliphatic rings. The molecule has 24 heavy (non-hydrogen) atoms. The van der Waals surface area contributed by atoms with Crippen LogP contribution in [0.4, 0.5) is 0 Å². The summed E-state index contributed by atoms with van der Waals surface area (Å²) >= 11 is 6.27. The standard InChI is InChI=1S/C17H12N2O3S2/c20-13-9-5-4-8-12(13)15(21)18-19-16(22)14(24-17(19)23)10-11-6-2-1-3-7-11/h1-10,20H,(H,18,21). The van der Waals surface area contributed by atoms with Crippen LogP contribution in [0.2, 0.25) is 0 Å². The van der Waals surface area contributed by atoms with Gasteiger partial charge >= 0.3 is 0 Å². The molecule has 0 atom stereocenters. The Morgan fingerprint density at radius 2 is 1.79 bits per heavy atom. The molecule has 5 nitrogen and oxygen atoms in total. The summed E-state index contributed by atoms with van der Waals surface area (Å²) in [5, 5.41) is 10.7. The number of hydrogen-bond acceptors (Lipinski definition) is 5. The van der Waals surface area contributed by atoms with Crippen LogP contribution in [-0.2, 0) is 4.79 Å². The SMILES string of the molecule is O=C(NN1C(=O)C(=Cc2ccccc2)SC1=S)c1ccccc1O. The number of aromatic hydroxyl groups is 1. The lowest BCUT2D eigenvalue weighted by Gasteiger charge is -2.16. The molecule has 0 aromatic heterocycles. The van der Waals surface area contributed by atoms with Gasteiger partial charge in [0.2, 0.25) is 0 Å². The third-order valence-electron chi connectivity index (χ3n) is 3.25. The smallest absolute Gasteiger partial charge is 0.285 e. The van der Waals surface area contributed by atoms with E-state index in [-0.39, 0.29) is 15.6 Å². The Kier molecular flexibility index (Phi) is 4.64. The molecule has 0 aliphatic carbocycles. The van der Waals surface area contributed by atoms with Gasteiger partial charge in [-0.25, -0.2) is 0 Å². The Morgan fingerprint density at radius 3 is 2.50 bits per heavy atom. The molecular formula is C17H12N2O3S2. The van der Waals surface area contributed by atoms with E-state index >= 15 is 0 Å². The molecule has 1 fully saturated rings. The number of nitrogens with zero attached hydrogens (tertiary/aromatic N) is 1. The summed E-state index contributed by atoms with van der Waals surface area (Å²) in [6, 6.07) is 15.4. The highest BCUT2D eigenvalue weighted by atomic mass is 32.2. The quantitative estimate of drug-likeness (QED) is 0.654. The maximum Gasteiger partial charge on any atom is 0.285 e. The zero-order chi connectivity index (χ0) is 17.1. The van der Waals surface area contributed by atoms with Gasteiger partial charge in [0.1, 0.15) is 5.75 Å². The van der Waals surface area contributed by atoms with Crippen molar-refractivity contribution in [2.24, 2.45) is 0 Å². The van der Waals surface area contributed by atoms with Gasteiger partial charge in [-0.2, -0.15) is 5.01 Å².